The van der Waals surface area contributed by atoms with Crippen LogP contribution in [0.4, 0.5) is 5.69 Å². The van der Waals surface area contributed by atoms with Crippen molar-refractivity contribution in [3.63, 3.8) is 0 Å². The zero-order valence-corrected chi connectivity index (χ0v) is 22.3. The third-order valence-corrected chi connectivity index (χ3v) is 6.31. The van der Waals surface area contributed by atoms with Gasteiger partial charge in [-0.25, -0.2) is 4.79 Å². The van der Waals surface area contributed by atoms with Gasteiger partial charge >= 0.3 is 5.97 Å². The molecule has 0 radical (unpaired) electrons. The van der Waals surface area contributed by atoms with Crippen LogP contribution in [0.15, 0.2) is 78.6 Å². The summed E-state index contributed by atoms with van der Waals surface area (Å²) in [5, 5.41) is 11.3. The highest BCUT2D eigenvalue weighted by Crippen LogP contribution is 2.42. The van der Waals surface area contributed by atoms with E-state index in [4.69, 9.17) is 9.47 Å². The van der Waals surface area contributed by atoms with Gasteiger partial charge in [-0.05, 0) is 80.4 Å². The number of aliphatic hydroxyl groups is 1. The first-order chi connectivity index (χ1) is 18.8. The average molecular weight is 529 g/mol. The number of hydrogen-bond donors (Lipinski definition) is 1. The summed E-state index contributed by atoms with van der Waals surface area (Å²) in [6.07, 6.45) is 6.00. The molecule has 0 spiro atoms. The molecule has 1 atom stereocenters. The number of nitrogens with zero attached hydrogens (tertiary/aromatic N) is 2. The number of carbonyl (C=O) groups is 3. The average Bonchev–Trinajstić information content (AvgIpc) is 3.21. The van der Waals surface area contributed by atoms with E-state index in [0.29, 0.717) is 34.7 Å². The van der Waals surface area contributed by atoms with Gasteiger partial charge in [-0.1, -0.05) is 25.8 Å². The Morgan fingerprint density at radius 1 is 1.00 bits per heavy atom. The predicted octanol–water partition coefficient (Wildman–Crippen LogP) is 5.84. The number of rotatable bonds is 10. The molecule has 1 fully saturated rings. The minimum Gasteiger partial charge on any atom is -0.507 e. The van der Waals surface area contributed by atoms with E-state index in [1.165, 1.54) is 4.90 Å². The van der Waals surface area contributed by atoms with Crippen molar-refractivity contribution < 1.29 is 29.0 Å². The van der Waals surface area contributed by atoms with E-state index in [2.05, 4.69) is 11.9 Å². The topological polar surface area (TPSA) is 106 Å². The second-order valence-electron chi connectivity index (χ2n) is 9.54. The summed E-state index contributed by atoms with van der Waals surface area (Å²) in [5.41, 5.74) is 1.60. The lowest BCUT2D eigenvalue weighted by atomic mass is 9.96. The number of pyridine rings is 1. The van der Waals surface area contributed by atoms with Crippen LogP contribution in [0.3, 0.4) is 0 Å². The highest BCUT2D eigenvalue weighted by Gasteiger charge is 2.47. The maximum atomic E-state index is 13.3. The van der Waals surface area contributed by atoms with E-state index in [1.54, 1.807) is 86.9 Å². The number of anilines is 1. The Labute approximate surface area is 227 Å². The fourth-order valence-electron chi connectivity index (χ4n) is 4.40. The van der Waals surface area contributed by atoms with Crippen molar-refractivity contribution in [3.8, 4) is 5.75 Å². The lowest BCUT2D eigenvalue weighted by Gasteiger charge is -2.25. The largest absolute Gasteiger partial charge is 0.507 e. The van der Waals surface area contributed by atoms with Gasteiger partial charge in [0.2, 0.25) is 0 Å². The summed E-state index contributed by atoms with van der Waals surface area (Å²) in [7, 11) is 0. The van der Waals surface area contributed by atoms with E-state index in [0.717, 1.165) is 19.3 Å². The van der Waals surface area contributed by atoms with Crippen LogP contribution in [0.2, 0.25) is 0 Å². The Bertz CT molecular complexity index is 1350. The first kappa shape index (κ1) is 27.6. The molecule has 1 aromatic heterocycles. The number of unbranched alkanes of at least 4 members (excludes halogenated alkanes) is 2. The SMILES string of the molecule is CCCCCOc1ccc(/C(O)=C2\C(=O)C(=O)N(c3ccc(C(=O)OC(C)C)cc3)C2c2cccnc2)cc1. The molecule has 0 aliphatic carbocycles. The molecule has 1 saturated heterocycles. The number of hydrogen-bond acceptors (Lipinski definition) is 7. The molecule has 1 N–H and O–H groups in total. The Hall–Kier alpha value is -4.46. The van der Waals surface area contributed by atoms with Crippen LogP contribution < -0.4 is 9.64 Å². The lowest BCUT2D eigenvalue weighted by molar-refractivity contribution is -0.132. The molecule has 2 heterocycles. The fourth-order valence-corrected chi connectivity index (χ4v) is 4.40. The Kier molecular flexibility index (Phi) is 8.76. The fraction of sp³-hybridized carbons (Fsp3) is 0.290. The van der Waals surface area contributed by atoms with E-state index < -0.39 is 23.7 Å². The van der Waals surface area contributed by atoms with Crippen molar-refractivity contribution in [2.24, 2.45) is 0 Å². The molecule has 3 aromatic rings. The molecule has 1 unspecified atom stereocenters. The minimum atomic E-state index is -0.919. The van der Waals surface area contributed by atoms with Gasteiger partial charge in [0.05, 0.1) is 29.9 Å². The van der Waals surface area contributed by atoms with Gasteiger partial charge in [0.25, 0.3) is 11.7 Å². The smallest absolute Gasteiger partial charge is 0.338 e. The van der Waals surface area contributed by atoms with Crippen molar-refractivity contribution in [1.82, 2.24) is 4.98 Å². The van der Waals surface area contributed by atoms with Gasteiger partial charge in [0.1, 0.15) is 11.5 Å². The van der Waals surface area contributed by atoms with Crippen molar-refractivity contribution in [3.05, 3.63) is 95.3 Å². The second-order valence-corrected chi connectivity index (χ2v) is 9.54. The zero-order valence-electron chi connectivity index (χ0n) is 22.3. The summed E-state index contributed by atoms with van der Waals surface area (Å²) in [6, 6.07) is 15.5. The number of carbonyl (C=O) groups excluding carboxylic acids is 3. The molecule has 0 saturated carbocycles. The molecule has 39 heavy (non-hydrogen) atoms. The third-order valence-electron chi connectivity index (χ3n) is 6.31. The molecular formula is C31H32N2O6. The van der Waals surface area contributed by atoms with Crippen molar-refractivity contribution >= 4 is 29.1 Å². The number of benzene rings is 2. The van der Waals surface area contributed by atoms with Crippen molar-refractivity contribution in [2.45, 2.75) is 52.2 Å². The molecule has 1 aliphatic heterocycles. The quantitative estimate of drug-likeness (QED) is 0.116. The van der Waals surface area contributed by atoms with Crippen LogP contribution in [0.5, 0.6) is 5.75 Å². The van der Waals surface area contributed by atoms with Crippen LogP contribution in [0.1, 0.15) is 67.6 Å². The number of aromatic nitrogens is 1. The van der Waals surface area contributed by atoms with Gasteiger partial charge in [0.15, 0.2) is 0 Å². The van der Waals surface area contributed by atoms with E-state index in [1.807, 2.05) is 0 Å². The molecule has 8 nitrogen and oxygen atoms in total. The van der Waals surface area contributed by atoms with Gasteiger partial charge in [-0.3, -0.25) is 19.5 Å². The van der Waals surface area contributed by atoms with Crippen LogP contribution >= 0.6 is 0 Å². The molecule has 202 valence electrons. The Morgan fingerprint density at radius 3 is 2.31 bits per heavy atom. The number of esters is 1. The highest BCUT2D eigenvalue weighted by atomic mass is 16.5. The van der Waals surface area contributed by atoms with Gasteiger partial charge < -0.3 is 14.6 Å². The van der Waals surface area contributed by atoms with Crippen LogP contribution in [0, 0.1) is 0 Å². The molecule has 1 amide bonds. The van der Waals surface area contributed by atoms with Crippen molar-refractivity contribution in [1.29, 1.82) is 0 Å². The minimum absolute atomic E-state index is 0.0482. The Balaban J connectivity index is 1.70. The lowest BCUT2D eigenvalue weighted by Crippen LogP contribution is -2.29. The van der Waals surface area contributed by atoms with Crippen LogP contribution in [-0.2, 0) is 14.3 Å². The highest BCUT2D eigenvalue weighted by molar-refractivity contribution is 6.51. The monoisotopic (exact) mass is 528 g/mol. The third kappa shape index (κ3) is 6.17. The number of ketones is 1. The normalized spacial score (nSPS) is 16.5. The van der Waals surface area contributed by atoms with Gasteiger partial charge in [-0.15, -0.1) is 0 Å². The molecule has 0 bridgehead atoms. The zero-order chi connectivity index (χ0) is 27.9. The number of ether oxygens (including phenoxy) is 2. The summed E-state index contributed by atoms with van der Waals surface area (Å²) in [4.78, 5) is 44.4. The maximum Gasteiger partial charge on any atom is 0.338 e. The standard InChI is InChI=1S/C31H32N2O6/c1-4-5-6-18-38-25-15-11-21(12-16-25)28(34)26-27(23-8-7-17-32-19-23)33(30(36)29(26)35)24-13-9-22(10-14-24)31(37)39-20(2)3/h7-17,19-20,27,34H,4-6,18H2,1-3H3/b28-26+. The summed E-state index contributed by atoms with van der Waals surface area (Å²) in [5.74, 6) is -1.73. The van der Waals surface area contributed by atoms with Crippen molar-refractivity contribution in [2.75, 3.05) is 11.5 Å². The maximum absolute atomic E-state index is 13.3. The predicted molar refractivity (Wildman–Crippen MR) is 147 cm³/mol. The number of amides is 1. The molecule has 1 aliphatic rings. The van der Waals surface area contributed by atoms with E-state index in [9.17, 15) is 19.5 Å². The summed E-state index contributed by atoms with van der Waals surface area (Å²) >= 11 is 0. The first-order valence-electron chi connectivity index (χ1n) is 13.1. The van der Waals surface area contributed by atoms with Crippen LogP contribution in [0.25, 0.3) is 5.76 Å². The molecular weight excluding hydrogens is 496 g/mol. The molecule has 8 heteroatoms. The number of aliphatic hydroxyl groups excluding tert-OH is 1. The van der Waals surface area contributed by atoms with Crippen LogP contribution in [-0.4, -0.2) is 40.5 Å². The second kappa shape index (κ2) is 12.4. The van der Waals surface area contributed by atoms with Gasteiger partial charge in [-0.2, -0.15) is 0 Å². The molecule has 2 aromatic carbocycles. The number of Topliss-reactive ketones (excluding diaryl/α,β-unsaturated/α-hetero) is 1. The summed E-state index contributed by atoms with van der Waals surface area (Å²) in [6.45, 7) is 6.24. The first-order valence-corrected chi connectivity index (χ1v) is 13.1. The van der Waals surface area contributed by atoms with E-state index in [-0.39, 0.29) is 17.4 Å². The summed E-state index contributed by atoms with van der Waals surface area (Å²) < 4.78 is 11.0. The van der Waals surface area contributed by atoms with Gasteiger partial charge in [0, 0.05) is 23.6 Å². The Morgan fingerprint density at radius 2 is 1.69 bits per heavy atom. The molecule has 4 rings (SSSR count). The van der Waals surface area contributed by atoms with E-state index >= 15 is 0 Å².